The van der Waals surface area contributed by atoms with E-state index in [4.69, 9.17) is 4.74 Å². The third-order valence-corrected chi connectivity index (χ3v) is 4.76. The van der Waals surface area contributed by atoms with Gasteiger partial charge in [0, 0.05) is 12.6 Å². The van der Waals surface area contributed by atoms with E-state index in [1.807, 2.05) is 0 Å². The summed E-state index contributed by atoms with van der Waals surface area (Å²) in [5.74, 6) is 0.987. The van der Waals surface area contributed by atoms with Crippen LogP contribution in [-0.2, 0) is 6.42 Å². The van der Waals surface area contributed by atoms with Crippen LogP contribution in [0.5, 0.6) is 5.75 Å². The highest BCUT2D eigenvalue weighted by atomic mass is 16.5. The van der Waals surface area contributed by atoms with Gasteiger partial charge in [0.25, 0.3) is 0 Å². The Hall–Kier alpha value is -1.22. The molecule has 1 N–H and O–H groups in total. The average molecular weight is 288 g/mol. The first-order valence-corrected chi connectivity index (χ1v) is 8.33. The van der Waals surface area contributed by atoms with Crippen molar-refractivity contribution in [1.82, 2.24) is 4.90 Å². The van der Waals surface area contributed by atoms with E-state index >= 15 is 0 Å². The summed E-state index contributed by atoms with van der Waals surface area (Å²) in [5, 5.41) is 3.50. The van der Waals surface area contributed by atoms with E-state index in [0.29, 0.717) is 0 Å². The molecule has 1 unspecified atom stereocenters. The molecule has 0 bridgehead atoms. The molecule has 0 aliphatic carbocycles. The minimum atomic E-state index is -0.113. The van der Waals surface area contributed by atoms with Gasteiger partial charge in [0.15, 0.2) is 0 Å². The summed E-state index contributed by atoms with van der Waals surface area (Å²) < 4.78 is 6.01. The van der Waals surface area contributed by atoms with Gasteiger partial charge in [-0.3, -0.25) is 0 Å². The zero-order valence-electron chi connectivity index (χ0n) is 13.6. The maximum Gasteiger partial charge on any atom is 0.143 e. The van der Waals surface area contributed by atoms with Crippen molar-refractivity contribution in [3.05, 3.63) is 23.8 Å². The molecule has 1 fully saturated rings. The summed E-state index contributed by atoms with van der Waals surface area (Å²) >= 11 is 0. The van der Waals surface area contributed by atoms with Crippen molar-refractivity contribution in [3.63, 3.8) is 0 Å². The zero-order chi connectivity index (χ0) is 14.9. The van der Waals surface area contributed by atoms with Crippen LogP contribution < -0.4 is 10.1 Å². The third kappa shape index (κ3) is 3.52. The summed E-state index contributed by atoms with van der Waals surface area (Å²) in [6, 6.07) is 7.35. The highest BCUT2D eigenvalue weighted by molar-refractivity contribution is 5.60. The van der Waals surface area contributed by atoms with Gasteiger partial charge in [-0.1, -0.05) is 12.5 Å². The highest BCUT2D eigenvalue weighted by Gasteiger charge is 2.26. The summed E-state index contributed by atoms with van der Waals surface area (Å²) in [6.07, 6.45) is 5.24. The molecule has 0 spiro atoms. The molecule has 116 valence electrons. The lowest BCUT2D eigenvalue weighted by molar-refractivity contribution is 0.116. The van der Waals surface area contributed by atoms with Crippen LogP contribution in [0.25, 0.3) is 0 Å². The van der Waals surface area contributed by atoms with Crippen molar-refractivity contribution < 1.29 is 4.74 Å². The fraction of sp³-hybridized carbons (Fsp3) is 0.667. The van der Waals surface area contributed by atoms with Crippen LogP contribution in [0.1, 0.15) is 45.6 Å². The van der Waals surface area contributed by atoms with E-state index in [2.05, 4.69) is 49.2 Å². The normalized spacial score (nSPS) is 24.8. The van der Waals surface area contributed by atoms with Gasteiger partial charge in [-0.15, -0.1) is 0 Å². The molecule has 1 atom stereocenters. The monoisotopic (exact) mass is 288 g/mol. The van der Waals surface area contributed by atoms with Gasteiger partial charge in [-0.25, -0.2) is 0 Å². The number of hydrogen-bond donors (Lipinski definition) is 1. The van der Waals surface area contributed by atoms with Gasteiger partial charge in [0.2, 0.25) is 0 Å². The Morgan fingerprint density at radius 2 is 2.19 bits per heavy atom. The first kappa shape index (κ1) is 14.7. The first-order chi connectivity index (χ1) is 10.0. The van der Waals surface area contributed by atoms with E-state index in [1.165, 1.54) is 37.9 Å². The Labute approximate surface area is 128 Å². The van der Waals surface area contributed by atoms with Crippen LogP contribution in [0.4, 0.5) is 5.69 Å². The first-order valence-electron chi connectivity index (χ1n) is 8.33. The number of benzene rings is 1. The number of nitrogens with one attached hydrogen (secondary N) is 1. The molecule has 3 rings (SSSR count). The number of likely N-dealkylation sites (tertiary alicyclic amines) is 1. The van der Waals surface area contributed by atoms with Crippen molar-refractivity contribution in [2.24, 2.45) is 0 Å². The summed E-state index contributed by atoms with van der Waals surface area (Å²) in [4.78, 5) is 2.63. The second kappa shape index (κ2) is 5.88. The SMILES string of the molecule is CC1CCCCN1CCc1ccc2c(c1)NCC(C)(C)O2. The molecule has 3 nitrogen and oxygen atoms in total. The summed E-state index contributed by atoms with van der Waals surface area (Å²) in [5.41, 5.74) is 2.44. The highest BCUT2D eigenvalue weighted by Crippen LogP contribution is 2.33. The minimum Gasteiger partial charge on any atom is -0.484 e. The van der Waals surface area contributed by atoms with Crippen molar-refractivity contribution in [2.45, 2.75) is 58.1 Å². The van der Waals surface area contributed by atoms with Crippen molar-refractivity contribution >= 4 is 5.69 Å². The smallest absolute Gasteiger partial charge is 0.143 e. The lowest BCUT2D eigenvalue weighted by Crippen LogP contribution is -2.40. The fourth-order valence-electron chi connectivity index (χ4n) is 3.36. The second-order valence-corrected chi connectivity index (χ2v) is 7.18. The molecule has 2 heterocycles. The molecular weight excluding hydrogens is 260 g/mol. The lowest BCUT2D eigenvalue weighted by Gasteiger charge is -2.34. The lowest BCUT2D eigenvalue weighted by atomic mass is 10.0. The number of hydrogen-bond acceptors (Lipinski definition) is 3. The Morgan fingerprint density at radius 1 is 1.33 bits per heavy atom. The molecule has 0 aromatic heterocycles. The van der Waals surface area contributed by atoms with Crippen LogP contribution >= 0.6 is 0 Å². The largest absolute Gasteiger partial charge is 0.484 e. The maximum absolute atomic E-state index is 6.01. The number of rotatable bonds is 3. The third-order valence-electron chi connectivity index (χ3n) is 4.76. The van der Waals surface area contributed by atoms with Crippen LogP contribution in [0, 0.1) is 0 Å². The Balaban J connectivity index is 1.62. The molecular formula is C18H28N2O. The summed E-state index contributed by atoms with van der Waals surface area (Å²) in [6.45, 7) is 9.91. The molecule has 2 aliphatic heterocycles. The molecule has 0 radical (unpaired) electrons. The molecule has 1 aromatic carbocycles. The second-order valence-electron chi connectivity index (χ2n) is 7.18. The van der Waals surface area contributed by atoms with Crippen LogP contribution in [-0.4, -0.2) is 36.2 Å². The van der Waals surface area contributed by atoms with E-state index in [-0.39, 0.29) is 5.60 Å². The van der Waals surface area contributed by atoms with Gasteiger partial charge < -0.3 is 15.0 Å². The molecule has 0 amide bonds. The molecule has 21 heavy (non-hydrogen) atoms. The van der Waals surface area contributed by atoms with E-state index < -0.39 is 0 Å². The Morgan fingerprint density at radius 3 is 3.00 bits per heavy atom. The zero-order valence-corrected chi connectivity index (χ0v) is 13.6. The predicted octanol–water partition coefficient (Wildman–Crippen LogP) is 3.69. The van der Waals surface area contributed by atoms with Gasteiger partial charge in [0.1, 0.15) is 11.4 Å². The quantitative estimate of drug-likeness (QED) is 0.918. The number of anilines is 1. The van der Waals surface area contributed by atoms with Crippen molar-refractivity contribution in [3.8, 4) is 5.75 Å². The average Bonchev–Trinajstić information content (AvgIpc) is 2.46. The number of nitrogens with zero attached hydrogens (tertiary/aromatic N) is 1. The van der Waals surface area contributed by atoms with Gasteiger partial charge in [-0.05, 0) is 64.3 Å². The van der Waals surface area contributed by atoms with Crippen LogP contribution in [0.3, 0.4) is 0 Å². The molecule has 0 saturated carbocycles. The van der Waals surface area contributed by atoms with Gasteiger partial charge >= 0.3 is 0 Å². The molecule has 2 aliphatic rings. The minimum absolute atomic E-state index is 0.113. The van der Waals surface area contributed by atoms with Crippen molar-refractivity contribution in [1.29, 1.82) is 0 Å². The standard InChI is InChI=1S/C18H28N2O/c1-14-6-4-5-10-20(14)11-9-15-7-8-17-16(12-15)19-13-18(2,3)21-17/h7-8,12,14,19H,4-6,9-11,13H2,1-3H3. The van der Waals surface area contributed by atoms with Crippen LogP contribution in [0.2, 0.25) is 0 Å². The van der Waals surface area contributed by atoms with Crippen molar-refractivity contribution in [2.75, 3.05) is 25.0 Å². The van der Waals surface area contributed by atoms with Gasteiger partial charge in [0.05, 0.1) is 12.2 Å². The molecule has 1 saturated heterocycles. The van der Waals surface area contributed by atoms with Crippen LogP contribution in [0.15, 0.2) is 18.2 Å². The van der Waals surface area contributed by atoms with E-state index in [1.54, 1.807) is 0 Å². The Bertz CT molecular complexity index is 498. The summed E-state index contributed by atoms with van der Waals surface area (Å²) in [7, 11) is 0. The number of piperidine rings is 1. The molecule has 1 aromatic rings. The number of fused-ring (bicyclic) bond motifs is 1. The Kier molecular flexibility index (Phi) is 4.12. The predicted molar refractivity (Wildman–Crippen MR) is 88.2 cm³/mol. The topological polar surface area (TPSA) is 24.5 Å². The van der Waals surface area contributed by atoms with Gasteiger partial charge in [-0.2, -0.15) is 0 Å². The fourth-order valence-corrected chi connectivity index (χ4v) is 3.36. The maximum atomic E-state index is 6.01. The molecule has 3 heteroatoms. The van der Waals surface area contributed by atoms with E-state index in [9.17, 15) is 0 Å². The van der Waals surface area contributed by atoms with E-state index in [0.717, 1.165) is 30.4 Å². The number of ether oxygens (including phenoxy) is 1.